The van der Waals surface area contributed by atoms with Gasteiger partial charge >= 0.3 is 12.3 Å². The van der Waals surface area contributed by atoms with Gasteiger partial charge in [-0.15, -0.1) is 0 Å². The molecule has 1 amide bonds. The van der Waals surface area contributed by atoms with Crippen LogP contribution in [0.1, 0.15) is 65.4 Å². The predicted molar refractivity (Wildman–Crippen MR) is 106 cm³/mol. The van der Waals surface area contributed by atoms with E-state index in [2.05, 4.69) is 9.71 Å². The number of pyridine rings is 1. The van der Waals surface area contributed by atoms with Crippen molar-refractivity contribution in [3.05, 3.63) is 23.5 Å². The molecule has 0 radical (unpaired) electrons. The Morgan fingerprint density at radius 3 is 2.34 bits per heavy atom. The summed E-state index contributed by atoms with van der Waals surface area (Å²) in [6, 6.07) is 0.484. The summed E-state index contributed by atoms with van der Waals surface area (Å²) in [6.07, 6.45) is -4.25. The van der Waals surface area contributed by atoms with Crippen LogP contribution in [0.25, 0.3) is 0 Å². The summed E-state index contributed by atoms with van der Waals surface area (Å²) in [5.74, 6) is 0. The summed E-state index contributed by atoms with van der Waals surface area (Å²) >= 11 is 0. The lowest BCUT2D eigenvalue weighted by Gasteiger charge is -2.32. The van der Waals surface area contributed by atoms with E-state index in [4.69, 9.17) is 4.74 Å². The number of nitrogens with one attached hydrogen (secondary N) is 1. The van der Waals surface area contributed by atoms with Gasteiger partial charge in [0.1, 0.15) is 5.60 Å². The molecular weight excluding hydrogens is 407 g/mol. The first-order valence-electron chi connectivity index (χ1n) is 9.35. The monoisotopic (exact) mass is 435 g/mol. The molecular formula is C19H28F3N3O3S. The van der Waals surface area contributed by atoms with Gasteiger partial charge in [0.25, 0.3) is 0 Å². The van der Waals surface area contributed by atoms with Gasteiger partial charge in [0, 0.05) is 6.54 Å². The fraction of sp³-hybridized carbons (Fsp3) is 0.684. The lowest BCUT2D eigenvalue weighted by molar-refractivity contribution is -0.153. The van der Waals surface area contributed by atoms with E-state index < -0.39 is 39.6 Å². The van der Waals surface area contributed by atoms with E-state index in [1.54, 1.807) is 41.5 Å². The van der Waals surface area contributed by atoms with Crippen molar-refractivity contribution in [1.29, 1.82) is 0 Å². The Hall–Kier alpha value is -1.68. The van der Waals surface area contributed by atoms with Crippen molar-refractivity contribution in [2.45, 2.75) is 77.0 Å². The molecule has 2 rings (SSSR count). The largest absolute Gasteiger partial charge is 0.443 e. The van der Waals surface area contributed by atoms with Gasteiger partial charge in [-0.05, 0) is 66.5 Å². The number of carbonyl (C=O) groups is 1. The summed E-state index contributed by atoms with van der Waals surface area (Å²) in [5.41, 5.74) is -0.145. The molecule has 1 aromatic rings. The molecule has 1 aliphatic rings. The van der Waals surface area contributed by atoms with Crippen LogP contribution < -0.4 is 9.62 Å². The number of aromatic nitrogens is 1. The summed E-state index contributed by atoms with van der Waals surface area (Å²) in [7, 11) is -1.94. The molecule has 164 valence electrons. The van der Waals surface area contributed by atoms with E-state index >= 15 is 0 Å². The molecule has 0 saturated carbocycles. The fourth-order valence-electron chi connectivity index (χ4n) is 2.71. The van der Waals surface area contributed by atoms with Crippen molar-refractivity contribution in [3.63, 3.8) is 0 Å². The van der Waals surface area contributed by atoms with Crippen molar-refractivity contribution in [1.82, 2.24) is 9.71 Å². The van der Waals surface area contributed by atoms with Gasteiger partial charge < -0.3 is 4.74 Å². The van der Waals surface area contributed by atoms with E-state index in [1.807, 2.05) is 0 Å². The molecule has 6 nitrogen and oxygen atoms in total. The number of amides is 1. The maximum Gasteiger partial charge on any atom is 0.414 e. The van der Waals surface area contributed by atoms with Gasteiger partial charge in [0.15, 0.2) is 6.04 Å². The van der Waals surface area contributed by atoms with Gasteiger partial charge in [-0.3, -0.25) is 9.88 Å². The standard InChI is InChI=1S/C19H28F3N3O3S/c1-17(2,3)28-16(26)25-11-7-8-12-14(25)10-9-13(23-12)15(19(20,21)22)24-29(27)18(4,5)6/h9-10,15,24H,7-8,11H2,1-6H3/t15-,29-/m0/s1. The van der Waals surface area contributed by atoms with Gasteiger partial charge in [0.2, 0.25) is 0 Å². The predicted octanol–water partition coefficient (Wildman–Crippen LogP) is 4.42. The van der Waals surface area contributed by atoms with Crippen LogP contribution in [0.5, 0.6) is 0 Å². The molecule has 0 bridgehead atoms. The topological polar surface area (TPSA) is 71.5 Å². The van der Waals surface area contributed by atoms with Crippen molar-refractivity contribution in [3.8, 4) is 0 Å². The number of aryl methyl sites for hydroxylation is 1. The van der Waals surface area contributed by atoms with Crippen LogP contribution in [-0.2, 0) is 22.1 Å². The normalized spacial score (nSPS) is 17.5. The number of anilines is 1. The van der Waals surface area contributed by atoms with Crippen LogP contribution in [0.15, 0.2) is 12.1 Å². The third-order valence-electron chi connectivity index (χ3n) is 4.08. The Balaban J connectivity index is 2.36. The number of hydrogen-bond acceptors (Lipinski definition) is 4. The van der Waals surface area contributed by atoms with Crippen LogP contribution in [0.4, 0.5) is 23.7 Å². The second-order valence-corrected chi connectivity index (χ2v) is 10.9. The number of rotatable bonds is 3. The average molecular weight is 436 g/mol. The minimum Gasteiger partial charge on any atom is -0.443 e. The molecule has 0 unspecified atom stereocenters. The van der Waals surface area contributed by atoms with Crippen LogP contribution in [0.2, 0.25) is 0 Å². The number of ether oxygens (including phenoxy) is 1. The van der Waals surface area contributed by atoms with Crippen molar-refractivity contribution in [2.24, 2.45) is 0 Å². The minimum absolute atomic E-state index is 0.278. The molecule has 0 aromatic carbocycles. The molecule has 0 fully saturated rings. The highest BCUT2D eigenvalue weighted by molar-refractivity contribution is 7.84. The first-order valence-corrected chi connectivity index (χ1v) is 10.5. The zero-order valence-electron chi connectivity index (χ0n) is 17.5. The van der Waals surface area contributed by atoms with Crippen LogP contribution >= 0.6 is 0 Å². The Kier molecular flexibility index (Phi) is 6.69. The second kappa shape index (κ2) is 8.22. The molecule has 1 aromatic heterocycles. The van der Waals surface area contributed by atoms with Gasteiger partial charge in [-0.2, -0.15) is 13.2 Å². The molecule has 29 heavy (non-hydrogen) atoms. The van der Waals surface area contributed by atoms with Crippen LogP contribution in [-0.4, -0.2) is 38.4 Å². The van der Waals surface area contributed by atoms with Gasteiger partial charge in [-0.25, -0.2) is 13.7 Å². The maximum atomic E-state index is 13.7. The minimum atomic E-state index is -4.68. The van der Waals surface area contributed by atoms with Gasteiger partial charge in [-0.1, -0.05) is 0 Å². The lowest BCUT2D eigenvalue weighted by atomic mass is 10.1. The molecule has 10 heteroatoms. The quantitative estimate of drug-likeness (QED) is 0.763. The molecule has 0 saturated heterocycles. The smallest absolute Gasteiger partial charge is 0.414 e. The number of nitrogens with zero attached hydrogens (tertiary/aromatic N) is 2. The Morgan fingerprint density at radius 2 is 1.83 bits per heavy atom. The molecule has 1 N–H and O–H groups in total. The first kappa shape index (κ1) is 23.6. The third-order valence-corrected chi connectivity index (χ3v) is 5.64. The SMILES string of the molecule is CC(C)(C)OC(=O)N1CCCc2nc([C@H](N[S@@](=O)C(C)(C)C)C(F)(F)F)ccc21. The van der Waals surface area contributed by atoms with Crippen molar-refractivity contribution >= 4 is 22.8 Å². The number of fused-ring (bicyclic) bond motifs is 1. The molecule has 0 spiro atoms. The van der Waals surface area contributed by atoms with Crippen LogP contribution in [0, 0.1) is 0 Å². The van der Waals surface area contributed by atoms with E-state index in [9.17, 15) is 22.2 Å². The Bertz CT molecular complexity index is 786. The average Bonchev–Trinajstić information content (AvgIpc) is 2.54. The Labute approximate surface area is 171 Å². The first-order chi connectivity index (χ1) is 13.1. The van der Waals surface area contributed by atoms with Gasteiger partial charge in [0.05, 0.1) is 32.8 Å². The Morgan fingerprint density at radius 1 is 1.21 bits per heavy atom. The highest BCUT2D eigenvalue weighted by Crippen LogP contribution is 2.35. The zero-order chi connectivity index (χ0) is 22.2. The molecule has 1 aliphatic heterocycles. The third kappa shape index (κ3) is 6.15. The van der Waals surface area contributed by atoms with Crippen LogP contribution in [0.3, 0.4) is 0 Å². The molecule has 2 heterocycles. The van der Waals surface area contributed by atoms with Crippen molar-refractivity contribution in [2.75, 3.05) is 11.4 Å². The number of hydrogen-bond donors (Lipinski definition) is 1. The highest BCUT2D eigenvalue weighted by atomic mass is 32.2. The molecule has 2 atom stereocenters. The molecule has 0 aliphatic carbocycles. The lowest BCUT2D eigenvalue weighted by Crippen LogP contribution is -2.42. The summed E-state index contributed by atoms with van der Waals surface area (Å²) in [4.78, 5) is 18.0. The van der Waals surface area contributed by atoms with E-state index in [0.717, 1.165) is 0 Å². The van der Waals surface area contributed by atoms with E-state index in [0.29, 0.717) is 30.8 Å². The maximum absolute atomic E-state index is 13.7. The summed E-state index contributed by atoms with van der Waals surface area (Å²) in [6.45, 7) is 10.4. The highest BCUT2D eigenvalue weighted by Gasteiger charge is 2.44. The summed E-state index contributed by atoms with van der Waals surface area (Å²) < 4.78 is 59.9. The summed E-state index contributed by atoms with van der Waals surface area (Å²) in [5, 5.41) is 0. The number of alkyl halides is 3. The number of halogens is 3. The van der Waals surface area contributed by atoms with Crippen molar-refractivity contribution < 1.29 is 26.9 Å². The number of carbonyl (C=O) groups excluding carboxylic acids is 1. The fourth-order valence-corrected chi connectivity index (χ4v) is 3.53. The second-order valence-electron chi connectivity index (χ2n) is 8.91. The van der Waals surface area contributed by atoms with E-state index in [1.165, 1.54) is 17.0 Å². The zero-order valence-corrected chi connectivity index (χ0v) is 18.3. The van der Waals surface area contributed by atoms with E-state index in [-0.39, 0.29) is 5.69 Å².